The molecule has 1 aliphatic rings. The fourth-order valence-corrected chi connectivity index (χ4v) is 6.64. The maximum atomic E-state index is 15.0. The second kappa shape index (κ2) is 11.0. The van der Waals surface area contributed by atoms with Gasteiger partial charge in [0.05, 0.1) is 10.7 Å². The Bertz CT molecular complexity index is 1190. The lowest BCUT2D eigenvalue weighted by Gasteiger charge is -2.40. The van der Waals surface area contributed by atoms with E-state index in [9.17, 15) is 12.8 Å². The van der Waals surface area contributed by atoms with Crippen molar-refractivity contribution in [1.29, 1.82) is 0 Å². The maximum absolute atomic E-state index is 15.0. The number of sulfonamides is 1. The maximum Gasteiger partial charge on any atom is 0.266 e. The first-order chi connectivity index (χ1) is 16.4. The molecule has 1 fully saturated rings. The van der Waals surface area contributed by atoms with E-state index >= 15 is 0 Å². The van der Waals surface area contributed by atoms with Gasteiger partial charge in [-0.3, -0.25) is 9.62 Å². The van der Waals surface area contributed by atoms with Gasteiger partial charge in [-0.15, -0.1) is 11.3 Å². The Morgan fingerprint density at radius 2 is 1.97 bits per heavy atom. The minimum absolute atomic E-state index is 0.0743. The highest BCUT2D eigenvalue weighted by Gasteiger charge is 2.31. The Morgan fingerprint density at radius 1 is 1.21 bits per heavy atom. The standard InChI is InChI=1S/C24H28ClFN4O2S2/c1-2-30(16-17-8-4-3-5-9-17)22-11-7-6-10-20(22)28-21-15-19(26)23(14-18(21)25)34(31,32)29-24-27-12-13-33-24/h3-5,8-9,12-15,20,22,28H,2,6-7,10-11,16H2,1H3,(H,27,29)/t20?,22-/m0/s1. The molecule has 1 heterocycles. The van der Waals surface area contributed by atoms with Crippen LogP contribution in [0.25, 0.3) is 0 Å². The zero-order valence-corrected chi connectivity index (χ0v) is 21.3. The minimum atomic E-state index is -4.15. The van der Waals surface area contributed by atoms with Gasteiger partial charge in [-0.05, 0) is 37.1 Å². The van der Waals surface area contributed by atoms with Crippen LogP contribution < -0.4 is 10.0 Å². The number of likely N-dealkylation sites (N-methyl/N-ethyl adjacent to an activating group) is 1. The molecule has 1 aromatic heterocycles. The summed E-state index contributed by atoms with van der Waals surface area (Å²) >= 11 is 7.56. The van der Waals surface area contributed by atoms with E-state index in [2.05, 4.69) is 39.0 Å². The quantitative estimate of drug-likeness (QED) is 0.361. The van der Waals surface area contributed by atoms with Gasteiger partial charge in [-0.2, -0.15) is 0 Å². The average Bonchev–Trinajstić information content (AvgIpc) is 3.33. The fraction of sp³-hybridized carbons (Fsp3) is 0.375. The first-order valence-corrected chi connectivity index (χ1v) is 14.1. The van der Waals surface area contributed by atoms with Crippen LogP contribution in [0, 0.1) is 5.82 Å². The summed E-state index contributed by atoms with van der Waals surface area (Å²) in [7, 11) is -4.15. The zero-order valence-electron chi connectivity index (χ0n) is 18.9. The molecule has 6 nitrogen and oxygen atoms in total. The lowest BCUT2D eigenvalue weighted by Crippen LogP contribution is -2.48. The van der Waals surface area contributed by atoms with E-state index in [0.717, 1.165) is 56.2 Å². The molecular weight excluding hydrogens is 495 g/mol. The summed E-state index contributed by atoms with van der Waals surface area (Å²) in [4.78, 5) is 5.83. The van der Waals surface area contributed by atoms with E-state index in [1.54, 1.807) is 5.38 Å². The molecular formula is C24H28ClFN4O2S2. The van der Waals surface area contributed by atoms with E-state index in [1.807, 2.05) is 18.2 Å². The third kappa shape index (κ3) is 5.89. The number of rotatable bonds is 9. The van der Waals surface area contributed by atoms with Crippen LogP contribution in [0.3, 0.4) is 0 Å². The van der Waals surface area contributed by atoms with Crippen molar-refractivity contribution in [3.63, 3.8) is 0 Å². The van der Waals surface area contributed by atoms with Crippen LogP contribution in [0.1, 0.15) is 38.2 Å². The Balaban J connectivity index is 1.54. The highest BCUT2D eigenvalue weighted by Crippen LogP contribution is 2.33. The van der Waals surface area contributed by atoms with Crippen LogP contribution in [-0.4, -0.2) is 36.9 Å². The third-order valence-corrected chi connectivity index (χ3v) is 8.62. The van der Waals surface area contributed by atoms with Crippen molar-refractivity contribution in [1.82, 2.24) is 9.88 Å². The Labute approximate surface area is 209 Å². The number of hydrogen-bond donors (Lipinski definition) is 2. The van der Waals surface area contributed by atoms with Crippen molar-refractivity contribution in [3.8, 4) is 0 Å². The van der Waals surface area contributed by atoms with Crippen molar-refractivity contribution in [2.45, 2.75) is 56.1 Å². The lowest BCUT2D eigenvalue weighted by atomic mass is 9.88. The summed E-state index contributed by atoms with van der Waals surface area (Å²) in [5.74, 6) is -0.861. The van der Waals surface area contributed by atoms with Gasteiger partial charge in [0.2, 0.25) is 0 Å². The number of nitrogens with one attached hydrogen (secondary N) is 2. The van der Waals surface area contributed by atoms with Gasteiger partial charge in [0.25, 0.3) is 10.0 Å². The number of aromatic nitrogens is 1. The van der Waals surface area contributed by atoms with Gasteiger partial charge in [-0.25, -0.2) is 17.8 Å². The van der Waals surface area contributed by atoms with Crippen LogP contribution in [-0.2, 0) is 16.6 Å². The second-order valence-corrected chi connectivity index (χ2v) is 11.3. The third-order valence-electron chi connectivity index (χ3n) is 6.14. The molecule has 10 heteroatoms. The van der Waals surface area contributed by atoms with Gasteiger partial charge in [0.1, 0.15) is 10.7 Å². The predicted molar refractivity (Wildman–Crippen MR) is 137 cm³/mol. The van der Waals surface area contributed by atoms with Crippen molar-refractivity contribution in [2.75, 3.05) is 16.6 Å². The van der Waals surface area contributed by atoms with Crippen molar-refractivity contribution >= 4 is 43.8 Å². The smallest absolute Gasteiger partial charge is 0.266 e. The topological polar surface area (TPSA) is 74.3 Å². The van der Waals surface area contributed by atoms with Crippen molar-refractivity contribution in [2.24, 2.45) is 0 Å². The molecule has 182 valence electrons. The summed E-state index contributed by atoms with van der Waals surface area (Å²) in [6.07, 6.45) is 5.64. The summed E-state index contributed by atoms with van der Waals surface area (Å²) in [6, 6.07) is 13.0. The molecule has 0 radical (unpaired) electrons. The number of nitrogens with zero attached hydrogens (tertiary/aromatic N) is 2. The van der Waals surface area contributed by atoms with E-state index in [-0.39, 0.29) is 22.2 Å². The number of hydrogen-bond acceptors (Lipinski definition) is 6. The summed E-state index contributed by atoms with van der Waals surface area (Å²) < 4.78 is 42.6. The largest absolute Gasteiger partial charge is 0.379 e. The van der Waals surface area contributed by atoms with Gasteiger partial charge < -0.3 is 5.32 Å². The number of benzene rings is 2. The van der Waals surface area contributed by atoms with Crippen LogP contribution in [0.4, 0.5) is 15.2 Å². The SMILES string of the molecule is CCN(Cc1ccccc1)[C@H]1CCCCC1Nc1cc(F)c(S(=O)(=O)Nc2nccs2)cc1Cl. The number of halogens is 2. The zero-order chi connectivity index (χ0) is 24.1. The average molecular weight is 523 g/mol. The molecule has 2 aromatic carbocycles. The lowest BCUT2D eigenvalue weighted by molar-refractivity contribution is 0.144. The molecule has 0 spiro atoms. The summed E-state index contributed by atoms with van der Waals surface area (Å²) in [6.45, 7) is 3.87. The van der Waals surface area contributed by atoms with E-state index < -0.39 is 20.7 Å². The Morgan fingerprint density at radius 3 is 2.68 bits per heavy atom. The first-order valence-electron chi connectivity index (χ1n) is 11.3. The van der Waals surface area contributed by atoms with Gasteiger partial charge in [-0.1, -0.05) is 61.7 Å². The fourth-order valence-electron chi connectivity index (χ4n) is 4.49. The van der Waals surface area contributed by atoms with Crippen molar-refractivity contribution < 1.29 is 12.8 Å². The van der Waals surface area contributed by atoms with E-state index in [4.69, 9.17) is 11.6 Å². The predicted octanol–water partition coefficient (Wildman–Crippen LogP) is 5.98. The molecule has 0 aliphatic heterocycles. The van der Waals surface area contributed by atoms with Crippen molar-refractivity contribution in [3.05, 3.63) is 70.4 Å². The molecule has 0 bridgehead atoms. The Hall–Kier alpha value is -2.20. The molecule has 1 aliphatic carbocycles. The molecule has 4 rings (SSSR count). The van der Waals surface area contributed by atoms with Crippen LogP contribution in [0.5, 0.6) is 0 Å². The first kappa shape index (κ1) is 24.9. The molecule has 1 saturated carbocycles. The van der Waals surface area contributed by atoms with E-state index in [1.165, 1.54) is 17.8 Å². The van der Waals surface area contributed by atoms with Crippen LogP contribution in [0.2, 0.25) is 5.02 Å². The highest BCUT2D eigenvalue weighted by molar-refractivity contribution is 7.93. The number of thiazole rings is 1. The monoisotopic (exact) mass is 522 g/mol. The molecule has 2 N–H and O–H groups in total. The number of anilines is 2. The highest BCUT2D eigenvalue weighted by atomic mass is 35.5. The molecule has 1 unspecified atom stereocenters. The molecule has 0 saturated heterocycles. The normalized spacial score (nSPS) is 18.7. The van der Waals surface area contributed by atoms with Gasteiger partial charge in [0.15, 0.2) is 5.13 Å². The van der Waals surface area contributed by atoms with Gasteiger partial charge >= 0.3 is 0 Å². The summed E-state index contributed by atoms with van der Waals surface area (Å²) in [5, 5.41) is 5.39. The molecule has 3 aromatic rings. The molecule has 2 atom stereocenters. The van der Waals surface area contributed by atoms with Gasteiger partial charge in [0, 0.05) is 30.2 Å². The molecule has 0 amide bonds. The van der Waals surface area contributed by atoms with Crippen LogP contribution in [0.15, 0.2) is 58.9 Å². The Kier molecular flexibility index (Phi) is 8.08. The second-order valence-electron chi connectivity index (χ2n) is 8.36. The van der Waals surface area contributed by atoms with E-state index in [0.29, 0.717) is 5.69 Å². The minimum Gasteiger partial charge on any atom is -0.379 e. The van der Waals surface area contributed by atoms with Crippen LogP contribution >= 0.6 is 22.9 Å². The summed E-state index contributed by atoms with van der Waals surface area (Å²) in [5.41, 5.74) is 1.65. The molecule has 34 heavy (non-hydrogen) atoms.